The third kappa shape index (κ3) is 5.22. The van der Waals surface area contributed by atoms with Crippen molar-refractivity contribution >= 4 is 17.6 Å². The van der Waals surface area contributed by atoms with Gasteiger partial charge in [0.1, 0.15) is 16.9 Å². The highest BCUT2D eigenvalue weighted by Crippen LogP contribution is 2.42. The maximum atomic E-state index is 12.9. The van der Waals surface area contributed by atoms with Crippen molar-refractivity contribution in [2.45, 2.75) is 65.1 Å². The highest BCUT2D eigenvalue weighted by molar-refractivity contribution is 6.00. The second-order valence-electron chi connectivity index (χ2n) is 7.22. The molecule has 1 amide bonds. The molecule has 1 aromatic carbocycles. The summed E-state index contributed by atoms with van der Waals surface area (Å²) in [5.41, 5.74) is -0.0464. The number of hydrogen-bond acceptors (Lipinski definition) is 5. The lowest BCUT2D eigenvalue weighted by molar-refractivity contribution is -0.142. The van der Waals surface area contributed by atoms with E-state index in [9.17, 15) is 9.59 Å². The average Bonchev–Trinajstić information content (AvgIpc) is 3.52. The first-order valence-electron chi connectivity index (χ1n) is 9.70. The number of anilines is 1. The van der Waals surface area contributed by atoms with Gasteiger partial charge in [-0.3, -0.25) is 4.79 Å². The largest absolute Gasteiger partial charge is 0.490 e. The molecule has 0 spiro atoms. The average molecular weight is 377 g/mol. The third-order valence-corrected chi connectivity index (χ3v) is 4.96. The quantitative estimate of drug-likeness (QED) is 0.619. The molecule has 2 atom stereocenters. The van der Waals surface area contributed by atoms with Crippen LogP contribution in [0, 0.1) is 5.92 Å². The molecule has 0 aromatic heterocycles. The molecule has 1 fully saturated rings. The van der Waals surface area contributed by atoms with Crippen LogP contribution in [-0.4, -0.2) is 37.3 Å². The molecular weight excluding hydrogens is 346 g/mol. The molecule has 150 valence electrons. The number of benzene rings is 1. The second-order valence-corrected chi connectivity index (χ2v) is 7.22. The summed E-state index contributed by atoms with van der Waals surface area (Å²) >= 11 is 0. The Morgan fingerprint density at radius 1 is 1.30 bits per heavy atom. The van der Waals surface area contributed by atoms with E-state index in [1.807, 2.05) is 27.7 Å². The molecular formula is C21H31NO5. The SMILES string of the molecule is CCCO[C@](C)(C(=O)Nc1ccc(O[C@H](C)CC)c(C(=O)OC)c1)C1CC1. The maximum absolute atomic E-state index is 12.9. The van der Waals surface area contributed by atoms with E-state index < -0.39 is 11.6 Å². The number of carbonyl (C=O) groups excluding carboxylic acids is 2. The number of rotatable bonds is 10. The number of methoxy groups -OCH3 is 1. The number of esters is 1. The van der Waals surface area contributed by atoms with Crippen molar-refractivity contribution in [1.82, 2.24) is 0 Å². The van der Waals surface area contributed by atoms with Crippen molar-refractivity contribution in [2.75, 3.05) is 19.0 Å². The number of amides is 1. The smallest absolute Gasteiger partial charge is 0.341 e. The van der Waals surface area contributed by atoms with Crippen molar-refractivity contribution < 1.29 is 23.8 Å². The minimum atomic E-state index is -0.854. The van der Waals surface area contributed by atoms with Crippen molar-refractivity contribution in [3.05, 3.63) is 23.8 Å². The predicted octanol–water partition coefficient (Wildman–Crippen LogP) is 4.18. The Morgan fingerprint density at radius 3 is 2.56 bits per heavy atom. The monoisotopic (exact) mass is 377 g/mol. The highest BCUT2D eigenvalue weighted by Gasteiger charge is 2.48. The van der Waals surface area contributed by atoms with Gasteiger partial charge < -0.3 is 19.5 Å². The van der Waals surface area contributed by atoms with Gasteiger partial charge in [-0.05, 0) is 63.6 Å². The summed E-state index contributed by atoms with van der Waals surface area (Å²) in [5, 5.41) is 2.90. The first kappa shape index (κ1) is 21.2. The van der Waals surface area contributed by atoms with Crippen molar-refractivity contribution in [2.24, 2.45) is 5.92 Å². The molecule has 6 nitrogen and oxygen atoms in total. The summed E-state index contributed by atoms with van der Waals surface area (Å²) in [5.74, 6) is -0.0139. The number of hydrogen-bond donors (Lipinski definition) is 1. The van der Waals surface area contributed by atoms with Crippen LogP contribution >= 0.6 is 0 Å². The topological polar surface area (TPSA) is 73.9 Å². The van der Waals surface area contributed by atoms with E-state index in [1.54, 1.807) is 18.2 Å². The maximum Gasteiger partial charge on any atom is 0.341 e. The van der Waals surface area contributed by atoms with Crippen LogP contribution in [0.5, 0.6) is 5.75 Å². The first-order valence-corrected chi connectivity index (χ1v) is 9.70. The summed E-state index contributed by atoms with van der Waals surface area (Å²) in [6.07, 6.45) is 3.61. The van der Waals surface area contributed by atoms with Crippen LogP contribution in [0.4, 0.5) is 5.69 Å². The second kappa shape index (κ2) is 9.22. The highest BCUT2D eigenvalue weighted by atomic mass is 16.5. The van der Waals surface area contributed by atoms with Crippen molar-refractivity contribution in [3.8, 4) is 5.75 Å². The van der Waals surface area contributed by atoms with Gasteiger partial charge in [0, 0.05) is 12.3 Å². The summed E-state index contributed by atoms with van der Waals surface area (Å²) in [4.78, 5) is 25.1. The minimum Gasteiger partial charge on any atom is -0.490 e. The van der Waals surface area contributed by atoms with Gasteiger partial charge in [-0.1, -0.05) is 13.8 Å². The molecule has 2 rings (SSSR count). The molecule has 0 heterocycles. The lowest BCUT2D eigenvalue weighted by atomic mass is 9.98. The standard InChI is InChI=1S/C21H31NO5/c1-6-12-26-21(4,15-8-9-15)20(24)22-16-10-11-18(27-14(3)7-2)17(13-16)19(23)25-5/h10-11,13-15H,6-9,12H2,1-5H3,(H,22,24)/t14-,21+/m1/s1. The van der Waals surface area contributed by atoms with Crippen LogP contribution in [-0.2, 0) is 14.3 Å². The van der Waals surface area contributed by atoms with Crippen LogP contribution in [0.1, 0.15) is 63.7 Å². The van der Waals surface area contributed by atoms with Crippen LogP contribution < -0.4 is 10.1 Å². The van der Waals surface area contributed by atoms with Crippen LogP contribution in [0.2, 0.25) is 0 Å². The predicted molar refractivity (Wildman–Crippen MR) is 104 cm³/mol. The van der Waals surface area contributed by atoms with Gasteiger partial charge in [0.25, 0.3) is 5.91 Å². The lowest BCUT2D eigenvalue weighted by Gasteiger charge is -2.28. The van der Waals surface area contributed by atoms with E-state index in [0.717, 1.165) is 25.7 Å². The number of ether oxygens (including phenoxy) is 3. The van der Waals surface area contributed by atoms with E-state index >= 15 is 0 Å². The molecule has 1 aromatic rings. The molecule has 0 saturated heterocycles. The number of carbonyl (C=O) groups is 2. The van der Waals surface area contributed by atoms with Crippen molar-refractivity contribution in [3.63, 3.8) is 0 Å². The Hall–Kier alpha value is -2.08. The van der Waals surface area contributed by atoms with Gasteiger partial charge in [0.15, 0.2) is 0 Å². The lowest BCUT2D eigenvalue weighted by Crippen LogP contribution is -2.45. The Kier molecular flexibility index (Phi) is 7.25. The zero-order valence-corrected chi connectivity index (χ0v) is 17.0. The van der Waals surface area contributed by atoms with Gasteiger partial charge in [-0.2, -0.15) is 0 Å². The van der Waals surface area contributed by atoms with Crippen molar-refractivity contribution in [1.29, 1.82) is 0 Å². The van der Waals surface area contributed by atoms with E-state index in [2.05, 4.69) is 5.32 Å². The Labute approximate surface area is 161 Å². The van der Waals surface area contributed by atoms with E-state index in [0.29, 0.717) is 23.6 Å². The summed E-state index contributed by atoms with van der Waals surface area (Å²) in [7, 11) is 1.32. The van der Waals surface area contributed by atoms with Gasteiger partial charge >= 0.3 is 5.97 Å². The molecule has 0 aliphatic heterocycles. The molecule has 27 heavy (non-hydrogen) atoms. The number of nitrogens with one attached hydrogen (secondary N) is 1. The molecule has 1 aliphatic carbocycles. The molecule has 6 heteroatoms. The zero-order chi connectivity index (χ0) is 20.0. The molecule has 0 unspecified atom stereocenters. The Bertz CT molecular complexity index is 671. The van der Waals surface area contributed by atoms with E-state index in [4.69, 9.17) is 14.2 Å². The molecule has 1 aliphatic rings. The molecule has 0 bridgehead atoms. The summed E-state index contributed by atoms with van der Waals surface area (Å²) in [6.45, 7) is 8.34. The molecule has 1 saturated carbocycles. The summed E-state index contributed by atoms with van der Waals surface area (Å²) < 4.78 is 16.6. The fourth-order valence-electron chi connectivity index (χ4n) is 2.85. The van der Waals surface area contributed by atoms with E-state index in [1.165, 1.54) is 7.11 Å². The first-order chi connectivity index (χ1) is 12.8. The van der Waals surface area contributed by atoms with Crippen LogP contribution in [0.15, 0.2) is 18.2 Å². The van der Waals surface area contributed by atoms with Crippen LogP contribution in [0.25, 0.3) is 0 Å². The fourth-order valence-corrected chi connectivity index (χ4v) is 2.85. The normalized spacial score (nSPS) is 16.9. The van der Waals surface area contributed by atoms with E-state index in [-0.39, 0.29) is 17.9 Å². The van der Waals surface area contributed by atoms with Gasteiger partial charge in [-0.15, -0.1) is 0 Å². The molecule has 1 N–H and O–H groups in total. The Balaban J connectivity index is 2.22. The minimum absolute atomic E-state index is 0.0329. The van der Waals surface area contributed by atoms with Crippen LogP contribution in [0.3, 0.4) is 0 Å². The zero-order valence-electron chi connectivity index (χ0n) is 17.0. The molecule has 0 radical (unpaired) electrons. The van der Waals surface area contributed by atoms with Gasteiger partial charge in [-0.25, -0.2) is 4.79 Å². The Morgan fingerprint density at radius 2 is 2.00 bits per heavy atom. The van der Waals surface area contributed by atoms with Gasteiger partial charge in [0.05, 0.1) is 13.2 Å². The van der Waals surface area contributed by atoms with Gasteiger partial charge in [0.2, 0.25) is 0 Å². The fraction of sp³-hybridized carbons (Fsp3) is 0.619. The summed E-state index contributed by atoms with van der Waals surface area (Å²) in [6, 6.07) is 5.01. The third-order valence-electron chi connectivity index (χ3n) is 4.96.